The Bertz CT molecular complexity index is 773. The number of morpholine rings is 1. The second-order valence-corrected chi connectivity index (χ2v) is 7.05. The molecule has 0 aliphatic carbocycles. The first-order valence-corrected chi connectivity index (χ1v) is 10.3. The molecule has 150 valence electrons. The van der Waals surface area contributed by atoms with Gasteiger partial charge in [0.05, 0.1) is 19.8 Å². The lowest BCUT2D eigenvalue weighted by molar-refractivity contribution is 0.122. The fraction of sp³-hybridized carbons (Fsp3) is 0.600. The number of rotatable bonds is 5. The molecule has 8 heteroatoms. The van der Waals surface area contributed by atoms with E-state index in [-0.39, 0.29) is 0 Å². The van der Waals surface area contributed by atoms with Gasteiger partial charge >= 0.3 is 0 Å². The van der Waals surface area contributed by atoms with Crippen molar-refractivity contribution < 1.29 is 9.47 Å². The van der Waals surface area contributed by atoms with Crippen LogP contribution in [-0.4, -0.2) is 65.9 Å². The molecule has 0 radical (unpaired) electrons. The molecule has 0 atom stereocenters. The average molecular weight is 384 g/mol. The number of aromatic nitrogens is 4. The Morgan fingerprint density at radius 1 is 0.857 bits per heavy atom. The SMILES string of the molecule is CCOc1cccc(-c2nc(N3CCCCCC3)nc(N3CCOCC3)n2)n1. The van der Waals surface area contributed by atoms with Crippen molar-refractivity contribution in [2.75, 3.05) is 55.8 Å². The topological polar surface area (TPSA) is 76.5 Å². The molecule has 0 N–H and O–H groups in total. The van der Waals surface area contributed by atoms with E-state index in [1.807, 2.05) is 25.1 Å². The smallest absolute Gasteiger partial charge is 0.230 e. The van der Waals surface area contributed by atoms with E-state index >= 15 is 0 Å². The summed E-state index contributed by atoms with van der Waals surface area (Å²) in [5.41, 5.74) is 0.707. The van der Waals surface area contributed by atoms with Gasteiger partial charge in [0, 0.05) is 32.2 Å². The van der Waals surface area contributed by atoms with Crippen LogP contribution in [0.3, 0.4) is 0 Å². The summed E-state index contributed by atoms with van der Waals surface area (Å²) in [5, 5.41) is 0. The van der Waals surface area contributed by atoms with Crippen LogP contribution in [0.15, 0.2) is 18.2 Å². The van der Waals surface area contributed by atoms with Crippen LogP contribution in [0.25, 0.3) is 11.5 Å². The van der Waals surface area contributed by atoms with Gasteiger partial charge in [-0.15, -0.1) is 0 Å². The molecule has 8 nitrogen and oxygen atoms in total. The zero-order chi connectivity index (χ0) is 19.2. The van der Waals surface area contributed by atoms with Crippen LogP contribution < -0.4 is 14.5 Å². The number of nitrogens with zero attached hydrogens (tertiary/aromatic N) is 6. The summed E-state index contributed by atoms with van der Waals surface area (Å²) < 4.78 is 11.0. The van der Waals surface area contributed by atoms with E-state index in [4.69, 9.17) is 24.4 Å². The van der Waals surface area contributed by atoms with Gasteiger partial charge in [-0.3, -0.25) is 0 Å². The lowest BCUT2D eigenvalue weighted by Crippen LogP contribution is -2.38. The summed E-state index contributed by atoms with van der Waals surface area (Å²) in [6.45, 7) is 7.45. The van der Waals surface area contributed by atoms with Crippen LogP contribution in [0, 0.1) is 0 Å². The van der Waals surface area contributed by atoms with Crippen LogP contribution in [0.1, 0.15) is 32.6 Å². The maximum absolute atomic E-state index is 5.56. The average Bonchev–Trinajstić information content (AvgIpc) is 3.04. The minimum atomic E-state index is 0.575. The van der Waals surface area contributed by atoms with Crippen molar-refractivity contribution >= 4 is 11.9 Å². The van der Waals surface area contributed by atoms with Gasteiger partial charge in [0.15, 0.2) is 5.82 Å². The van der Waals surface area contributed by atoms with Crippen LogP contribution in [0.4, 0.5) is 11.9 Å². The van der Waals surface area contributed by atoms with Gasteiger partial charge in [0.2, 0.25) is 17.8 Å². The van der Waals surface area contributed by atoms with Gasteiger partial charge in [0.1, 0.15) is 5.69 Å². The van der Waals surface area contributed by atoms with Crippen molar-refractivity contribution in [1.82, 2.24) is 19.9 Å². The molecule has 2 aliphatic rings. The van der Waals surface area contributed by atoms with Crippen molar-refractivity contribution in [3.05, 3.63) is 18.2 Å². The van der Waals surface area contributed by atoms with E-state index in [0.717, 1.165) is 32.1 Å². The second-order valence-electron chi connectivity index (χ2n) is 7.05. The molecule has 0 amide bonds. The Morgan fingerprint density at radius 3 is 2.21 bits per heavy atom. The first-order chi connectivity index (χ1) is 13.8. The summed E-state index contributed by atoms with van der Waals surface area (Å²) in [6.07, 6.45) is 4.88. The zero-order valence-corrected chi connectivity index (χ0v) is 16.5. The molecular weight excluding hydrogens is 356 g/mol. The predicted molar refractivity (Wildman–Crippen MR) is 108 cm³/mol. The second kappa shape index (κ2) is 9.14. The molecule has 4 heterocycles. The maximum Gasteiger partial charge on any atom is 0.230 e. The van der Waals surface area contributed by atoms with Gasteiger partial charge in [-0.25, -0.2) is 4.98 Å². The zero-order valence-electron chi connectivity index (χ0n) is 16.5. The van der Waals surface area contributed by atoms with Gasteiger partial charge in [-0.05, 0) is 25.8 Å². The highest BCUT2D eigenvalue weighted by Crippen LogP contribution is 2.24. The van der Waals surface area contributed by atoms with Gasteiger partial charge in [-0.1, -0.05) is 18.9 Å². The Labute approximate surface area is 165 Å². The van der Waals surface area contributed by atoms with Gasteiger partial charge in [-0.2, -0.15) is 15.0 Å². The van der Waals surface area contributed by atoms with E-state index in [1.165, 1.54) is 25.7 Å². The third-order valence-corrected chi connectivity index (χ3v) is 5.04. The minimum absolute atomic E-state index is 0.575. The molecule has 2 fully saturated rings. The summed E-state index contributed by atoms with van der Waals surface area (Å²) in [7, 11) is 0. The Kier molecular flexibility index (Phi) is 6.16. The molecular formula is C20H28N6O2. The standard InChI is InChI=1S/C20H28N6O2/c1-2-28-17-9-7-8-16(21-17)18-22-19(25-10-5-3-4-6-11-25)24-20(23-18)26-12-14-27-15-13-26/h7-9H,2-6,10-15H2,1H3. The molecule has 0 bridgehead atoms. The number of ether oxygens (including phenoxy) is 2. The van der Waals surface area contributed by atoms with E-state index in [0.29, 0.717) is 43.2 Å². The van der Waals surface area contributed by atoms with E-state index < -0.39 is 0 Å². The quantitative estimate of drug-likeness (QED) is 0.778. The molecule has 2 saturated heterocycles. The van der Waals surface area contributed by atoms with E-state index in [1.54, 1.807) is 0 Å². The van der Waals surface area contributed by atoms with Gasteiger partial charge < -0.3 is 19.3 Å². The lowest BCUT2D eigenvalue weighted by Gasteiger charge is -2.28. The normalized spacial score (nSPS) is 18.0. The Morgan fingerprint density at radius 2 is 1.54 bits per heavy atom. The van der Waals surface area contributed by atoms with Crippen LogP contribution >= 0.6 is 0 Å². The summed E-state index contributed by atoms with van der Waals surface area (Å²) in [6, 6.07) is 5.71. The van der Waals surface area contributed by atoms with E-state index in [2.05, 4.69) is 14.8 Å². The molecule has 2 aromatic rings. The van der Waals surface area contributed by atoms with Crippen molar-refractivity contribution in [3.8, 4) is 17.4 Å². The number of anilines is 2. The molecule has 0 saturated carbocycles. The number of pyridine rings is 1. The molecule has 2 aromatic heterocycles. The third kappa shape index (κ3) is 4.49. The summed E-state index contributed by atoms with van der Waals surface area (Å²) in [5.74, 6) is 2.63. The lowest BCUT2D eigenvalue weighted by atomic mass is 10.2. The Hall–Kier alpha value is -2.48. The molecule has 0 unspecified atom stereocenters. The van der Waals surface area contributed by atoms with E-state index in [9.17, 15) is 0 Å². The number of hydrogen-bond donors (Lipinski definition) is 0. The Balaban J connectivity index is 1.71. The first kappa shape index (κ1) is 18.9. The highest BCUT2D eigenvalue weighted by atomic mass is 16.5. The highest BCUT2D eigenvalue weighted by molar-refractivity contribution is 5.55. The fourth-order valence-electron chi connectivity index (χ4n) is 3.55. The minimum Gasteiger partial charge on any atom is -0.478 e. The van der Waals surface area contributed by atoms with Crippen LogP contribution in [0.2, 0.25) is 0 Å². The van der Waals surface area contributed by atoms with Crippen molar-refractivity contribution in [2.24, 2.45) is 0 Å². The molecule has 4 rings (SSSR count). The fourth-order valence-corrected chi connectivity index (χ4v) is 3.55. The van der Waals surface area contributed by atoms with Gasteiger partial charge in [0.25, 0.3) is 0 Å². The predicted octanol–water partition coefficient (Wildman–Crippen LogP) is 2.55. The maximum atomic E-state index is 5.56. The molecule has 0 spiro atoms. The van der Waals surface area contributed by atoms with Crippen LogP contribution in [-0.2, 0) is 4.74 Å². The molecule has 0 aromatic carbocycles. The van der Waals surface area contributed by atoms with Crippen molar-refractivity contribution in [2.45, 2.75) is 32.6 Å². The molecule has 28 heavy (non-hydrogen) atoms. The molecule has 2 aliphatic heterocycles. The first-order valence-electron chi connectivity index (χ1n) is 10.3. The largest absolute Gasteiger partial charge is 0.478 e. The van der Waals surface area contributed by atoms with Crippen LogP contribution in [0.5, 0.6) is 5.88 Å². The number of hydrogen-bond acceptors (Lipinski definition) is 8. The third-order valence-electron chi connectivity index (χ3n) is 5.04. The summed E-state index contributed by atoms with van der Waals surface area (Å²) >= 11 is 0. The summed E-state index contributed by atoms with van der Waals surface area (Å²) in [4.78, 5) is 23.4. The van der Waals surface area contributed by atoms with Crippen molar-refractivity contribution in [3.63, 3.8) is 0 Å². The van der Waals surface area contributed by atoms with Crippen molar-refractivity contribution in [1.29, 1.82) is 0 Å². The monoisotopic (exact) mass is 384 g/mol. The highest BCUT2D eigenvalue weighted by Gasteiger charge is 2.21.